The normalized spacial score (nSPS) is 26.3. The summed E-state index contributed by atoms with van der Waals surface area (Å²) >= 11 is 2.11. The minimum absolute atomic E-state index is 0.676. The van der Waals surface area contributed by atoms with Crippen molar-refractivity contribution in [1.29, 1.82) is 0 Å². The maximum absolute atomic E-state index is 3.73. The second kappa shape index (κ2) is 7.69. The van der Waals surface area contributed by atoms with Gasteiger partial charge < -0.3 is 5.32 Å². The maximum Gasteiger partial charge on any atom is 0.0251 e. The van der Waals surface area contributed by atoms with E-state index in [4.69, 9.17) is 0 Å². The predicted octanol–water partition coefficient (Wildman–Crippen LogP) is 5.20. The zero-order chi connectivity index (χ0) is 15.4. The Hall–Kier alpha value is -0.470. The fourth-order valence-corrected chi connectivity index (χ4v) is 4.96. The third-order valence-corrected chi connectivity index (χ3v) is 6.38. The molecule has 0 aromatic heterocycles. The van der Waals surface area contributed by atoms with Gasteiger partial charge in [0.1, 0.15) is 0 Å². The largest absolute Gasteiger partial charge is 0.313 e. The van der Waals surface area contributed by atoms with Gasteiger partial charge in [0.15, 0.2) is 0 Å². The van der Waals surface area contributed by atoms with Gasteiger partial charge in [0.05, 0.1) is 0 Å². The van der Waals surface area contributed by atoms with Crippen LogP contribution in [0.15, 0.2) is 23.1 Å². The van der Waals surface area contributed by atoms with Crippen molar-refractivity contribution in [3.63, 3.8) is 0 Å². The van der Waals surface area contributed by atoms with Crippen LogP contribution in [0.4, 0.5) is 0 Å². The van der Waals surface area contributed by atoms with Crippen LogP contribution in [0.25, 0.3) is 0 Å². The van der Waals surface area contributed by atoms with E-state index >= 15 is 0 Å². The summed E-state index contributed by atoms with van der Waals surface area (Å²) in [6.07, 6.45) is 4.08. The first kappa shape index (κ1) is 16.9. The Morgan fingerprint density at radius 3 is 2.67 bits per heavy atom. The van der Waals surface area contributed by atoms with Crippen LogP contribution in [0.3, 0.4) is 0 Å². The van der Waals surface area contributed by atoms with Crippen LogP contribution in [-0.4, -0.2) is 17.8 Å². The van der Waals surface area contributed by atoms with Gasteiger partial charge >= 0.3 is 0 Å². The van der Waals surface area contributed by atoms with Crippen molar-refractivity contribution in [1.82, 2.24) is 5.32 Å². The highest BCUT2D eigenvalue weighted by Gasteiger charge is 2.32. The summed E-state index contributed by atoms with van der Waals surface area (Å²) in [6, 6.07) is 7.53. The molecule has 2 heteroatoms. The number of aryl methyl sites for hydroxylation is 2. The van der Waals surface area contributed by atoms with E-state index in [2.05, 4.69) is 69.9 Å². The van der Waals surface area contributed by atoms with Crippen molar-refractivity contribution < 1.29 is 0 Å². The zero-order valence-electron chi connectivity index (χ0n) is 14.3. The van der Waals surface area contributed by atoms with E-state index in [0.717, 1.165) is 18.4 Å². The molecule has 0 bridgehead atoms. The van der Waals surface area contributed by atoms with E-state index < -0.39 is 0 Å². The second-order valence-electron chi connectivity index (χ2n) is 6.91. The van der Waals surface area contributed by atoms with E-state index in [1.54, 1.807) is 0 Å². The molecule has 1 aliphatic rings. The lowest BCUT2D eigenvalue weighted by Crippen LogP contribution is -2.43. The Kier molecular flexibility index (Phi) is 6.19. The molecule has 0 radical (unpaired) electrons. The second-order valence-corrected chi connectivity index (χ2v) is 8.19. The first-order valence-electron chi connectivity index (χ1n) is 8.48. The molecule has 118 valence electrons. The molecule has 1 N–H and O–H groups in total. The van der Waals surface area contributed by atoms with Crippen molar-refractivity contribution in [2.24, 2.45) is 11.8 Å². The summed E-state index contributed by atoms with van der Waals surface area (Å²) in [5.41, 5.74) is 2.80. The SMILES string of the molecule is CCNC1CCC(C(C)C)CC1Sc1cc(C)ccc1C. The highest BCUT2D eigenvalue weighted by atomic mass is 32.2. The smallest absolute Gasteiger partial charge is 0.0251 e. The monoisotopic (exact) mass is 305 g/mol. The molecule has 0 heterocycles. The molecule has 1 aromatic carbocycles. The van der Waals surface area contributed by atoms with Gasteiger partial charge in [-0.1, -0.05) is 38.5 Å². The Morgan fingerprint density at radius 2 is 2.00 bits per heavy atom. The minimum Gasteiger partial charge on any atom is -0.313 e. The molecule has 0 spiro atoms. The molecule has 21 heavy (non-hydrogen) atoms. The quantitative estimate of drug-likeness (QED) is 0.802. The van der Waals surface area contributed by atoms with Gasteiger partial charge in [-0.05, 0) is 63.1 Å². The summed E-state index contributed by atoms with van der Waals surface area (Å²) in [7, 11) is 0. The Bertz CT molecular complexity index is 455. The number of hydrogen-bond donors (Lipinski definition) is 1. The van der Waals surface area contributed by atoms with E-state index in [9.17, 15) is 0 Å². The highest BCUT2D eigenvalue weighted by Crippen LogP contribution is 2.40. The molecule has 1 aliphatic carbocycles. The molecule has 1 aromatic rings. The Balaban J connectivity index is 2.13. The molecular weight excluding hydrogens is 274 g/mol. The first-order chi connectivity index (χ1) is 10.0. The Labute approximate surface area is 135 Å². The average molecular weight is 306 g/mol. The molecule has 1 nitrogen and oxygen atoms in total. The third kappa shape index (κ3) is 4.50. The summed E-state index contributed by atoms with van der Waals surface area (Å²) < 4.78 is 0. The number of thioether (sulfide) groups is 1. The lowest BCUT2D eigenvalue weighted by molar-refractivity contribution is 0.247. The van der Waals surface area contributed by atoms with Crippen molar-refractivity contribution in [3.05, 3.63) is 29.3 Å². The van der Waals surface area contributed by atoms with Crippen LogP contribution in [0, 0.1) is 25.7 Å². The van der Waals surface area contributed by atoms with Gasteiger partial charge in [-0.2, -0.15) is 0 Å². The van der Waals surface area contributed by atoms with Crippen molar-refractivity contribution in [2.75, 3.05) is 6.54 Å². The molecule has 3 unspecified atom stereocenters. The van der Waals surface area contributed by atoms with Crippen LogP contribution in [0.2, 0.25) is 0 Å². The first-order valence-corrected chi connectivity index (χ1v) is 9.36. The van der Waals surface area contributed by atoms with Crippen LogP contribution in [-0.2, 0) is 0 Å². The average Bonchev–Trinajstić information content (AvgIpc) is 2.44. The minimum atomic E-state index is 0.676. The Morgan fingerprint density at radius 1 is 1.24 bits per heavy atom. The summed E-state index contributed by atoms with van der Waals surface area (Å²) in [5, 5.41) is 4.44. The molecule has 3 atom stereocenters. The van der Waals surface area contributed by atoms with Crippen molar-refractivity contribution in [3.8, 4) is 0 Å². The summed E-state index contributed by atoms with van der Waals surface area (Å²) in [4.78, 5) is 1.48. The van der Waals surface area contributed by atoms with Crippen LogP contribution in [0.1, 0.15) is 51.2 Å². The molecular formula is C19H31NS. The molecule has 0 saturated heterocycles. The number of nitrogens with one attached hydrogen (secondary N) is 1. The van der Waals surface area contributed by atoms with Gasteiger partial charge in [-0.25, -0.2) is 0 Å². The van der Waals surface area contributed by atoms with Crippen molar-refractivity contribution >= 4 is 11.8 Å². The van der Waals surface area contributed by atoms with E-state index in [1.165, 1.54) is 35.3 Å². The van der Waals surface area contributed by atoms with Gasteiger partial charge in [0.2, 0.25) is 0 Å². The third-order valence-electron chi connectivity index (χ3n) is 4.86. The lowest BCUT2D eigenvalue weighted by atomic mass is 9.79. The number of rotatable bonds is 5. The zero-order valence-corrected chi connectivity index (χ0v) is 15.1. The molecule has 0 aliphatic heterocycles. The summed E-state index contributed by atoms with van der Waals surface area (Å²) in [6.45, 7) is 12.5. The maximum atomic E-state index is 3.73. The fourth-order valence-electron chi connectivity index (χ4n) is 3.39. The lowest BCUT2D eigenvalue weighted by Gasteiger charge is -2.38. The molecule has 1 saturated carbocycles. The van der Waals surface area contributed by atoms with E-state index in [0.29, 0.717) is 11.3 Å². The number of hydrogen-bond acceptors (Lipinski definition) is 2. The van der Waals surface area contributed by atoms with Crippen molar-refractivity contribution in [2.45, 2.75) is 70.1 Å². The van der Waals surface area contributed by atoms with Crippen LogP contribution < -0.4 is 5.32 Å². The molecule has 0 amide bonds. The molecule has 1 fully saturated rings. The predicted molar refractivity (Wildman–Crippen MR) is 95.2 cm³/mol. The van der Waals surface area contributed by atoms with Gasteiger partial charge in [-0.15, -0.1) is 11.8 Å². The number of benzene rings is 1. The van der Waals surface area contributed by atoms with Gasteiger partial charge in [0.25, 0.3) is 0 Å². The van der Waals surface area contributed by atoms with Crippen LogP contribution in [0.5, 0.6) is 0 Å². The van der Waals surface area contributed by atoms with Gasteiger partial charge in [0, 0.05) is 16.2 Å². The van der Waals surface area contributed by atoms with Gasteiger partial charge in [-0.3, -0.25) is 0 Å². The van der Waals surface area contributed by atoms with E-state index in [-0.39, 0.29) is 0 Å². The highest BCUT2D eigenvalue weighted by molar-refractivity contribution is 8.00. The fraction of sp³-hybridized carbons (Fsp3) is 0.684. The summed E-state index contributed by atoms with van der Waals surface area (Å²) in [5.74, 6) is 1.71. The topological polar surface area (TPSA) is 12.0 Å². The molecule has 2 rings (SSSR count). The van der Waals surface area contributed by atoms with E-state index in [1.807, 2.05) is 0 Å². The van der Waals surface area contributed by atoms with Crippen LogP contribution >= 0.6 is 11.8 Å². The standard InChI is InChI=1S/C19H31NS/c1-6-20-17-10-9-16(13(2)3)12-19(17)21-18-11-14(4)7-8-15(18)5/h7-8,11,13,16-17,19-20H,6,9-10,12H2,1-5H3.